The first-order chi connectivity index (χ1) is 28.7. The number of benzene rings is 4. The van der Waals surface area contributed by atoms with Crippen LogP contribution in [0.2, 0.25) is 0 Å². The van der Waals surface area contributed by atoms with Gasteiger partial charge in [-0.15, -0.1) is 0 Å². The molecule has 0 saturated carbocycles. The van der Waals surface area contributed by atoms with Gasteiger partial charge in [-0.3, -0.25) is 9.11 Å². The summed E-state index contributed by atoms with van der Waals surface area (Å²) >= 11 is 0. The fourth-order valence-corrected chi connectivity index (χ4v) is 7.32. The van der Waals surface area contributed by atoms with Crippen LogP contribution >= 0.6 is 0 Å². The Morgan fingerprint density at radius 3 is 1.40 bits per heavy atom. The summed E-state index contributed by atoms with van der Waals surface area (Å²) < 4.78 is 75.6. The third-order valence-corrected chi connectivity index (χ3v) is 10.3. The molecule has 0 aliphatic rings. The van der Waals surface area contributed by atoms with Crippen LogP contribution in [0.1, 0.15) is 11.1 Å². The van der Waals surface area contributed by atoms with Gasteiger partial charge in [0.05, 0.1) is 24.6 Å². The van der Waals surface area contributed by atoms with E-state index >= 15 is 0 Å². The largest absolute Gasteiger partial charge is 0.395 e. The number of rotatable bonds is 18. The fourth-order valence-electron chi connectivity index (χ4n) is 5.62. The van der Waals surface area contributed by atoms with Crippen molar-refractivity contribution >= 4 is 90.8 Å². The molecule has 312 valence electrons. The number of nitrogens with one attached hydrogen (secondary N) is 4. The summed E-state index contributed by atoms with van der Waals surface area (Å²) in [7, 11) is -7.63. The molecule has 0 atom stereocenters. The summed E-state index contributed by atoms with van der Waals surface area (Å²) in [6, 6.07) is 27.3. The van der Waals surface area contributed by atoms with Gasteiger partial charge in [0, 0.05) is 38.6 Å². The number of aromatic nitrogens is 6. The topological polar surface area (TPSA) is 281 Å². The molecular weight excluding hydrogens is 817 g/mol. The Bertz CT molecular complexity index is 2680. The minimum atomic E-state index is -5.44. The molecule has 0 spiro atoms. The summed E-state index contributed by atoms with van der Waals surface area (Å²) in [5, 5.41) is 30.8. The maximum atomic E-state index is 13.5. The second kappa shape index (κ2) is 18.8. The maximum Gasteiger partial charge on any atom is 0.298 e. The number of nitrogens with zero attached hydrogens (tertiary/aromatic N) is 8. The van der Waals surface area contributed by atoms with Gasteiger partial charge >= 0.3 is 0 Å². The van der Waals surface area contributed by atoms with Gasteiger partial charge < -0.3 is 41.3 Å². The van der Waals surface area contributed by atoms with Crippen molar-refractivity contribution in [2.24, 2.45) is 0 Å². The number of hydrogen-bond acceptors (Lipinski definition) is 18. The molecule has 0 aliphatic carbocycles. The monoisotopic (exact) mass is 856 g/mol. The van der Waals surface area contributed by atoms with Crippen LogP contribution in [-0.4, -0.2) is 106 Å². The van der Waals surface area contributed by atoms with E-state index in [1.807, 2.05) is 0 Å². The van der Waals surface area contributed by atoms with Gasteiger partial charge in [0.1, 0.15) is 9.79 Å². The average molecular weight is 857 g/mol. The zero-order chi connectivity index (χ0) is 42.9. The highest BCUT2D eigenvalue weighted by atomic mass is 32.2. The van der Waals surface area contributed by atoms with Crippen molar-refractivity contribution in [3.05, 3.63) is 108 Å². The molecule has 2 aromatic heterocycles. The average Bonchev–Trinajstić information content (AvgIpc) is 3.20. The Hall–Kier alpha value is -6.82. The van der Waals surface area contributed by atoms with Crippen molar-refractivity contribution in [1.82, 2.24) is 29.9 Å². The quantitative estimate of drug-likeness (QED) is 0.0435. The third kappa shape index (κ3) is 11.0. The number of para-hydroxylation sites is 2. The van der Waals surface area contributed by atoms with E-state index < -0.39 is 47.4 Å². The predicted octanol–water partition coefficient (Wildman–Crippen LogP) is 4.55. The number of aliphatic hydroxyl groups excluding tert-OH is 2. The van der Waals surface area contributed by atoms with E-state index in [9.17, 15) is 36.2 Å². The first-order valence-corrected chi connectivity index (χ1v) is 20.8. The van der Waals surface area contributed by atoms with Gasteiger partial charge in [-0.05, 0) is 41.5 Å². The Labute approximate surface area is 345 Å². The highest BCUT2D eigenvalue weighted by Gasteiger charge is 2.33. The van der Waals surface area contributed by atoms with E-state index in [1.54, 1.807) is 105 Å². The second-order valence-corrected chi connectivity index (χ2v) is 15.5. The molecular formula is C38H40N12O8S2. The molecule has 4 aromatic carbocycles. The first-order valence-electron chi connectivity index (χ1n) is 17.9. The highest BCUT2D eigenvalue weighted by Crippen LogP contribution is 2.41. The Morgan fingerprint density at radius 1 is 0.550 bits per heavy atom. The maximum absolute atomic E-state index is 13.5. The van der Waals surface area contributed by atoms with Crippen molar-refractivity contribution in [2.45, 2.75) is 9.79 Å². The van der Waals surface area contributed by atoms with Crippen LogP contribution in [-0.2, 0) is 20.2 Å². The standard InChI is InChI=1S/C38H40N12O8S2/c1-49(20-22-51)37-45-33(39-27-14-8-4-9-15-27)43-35(47-37)41-29-24-26(19-18-25-12-6-3-7-13-25)31(59(53,54)55)30(32(29)60(56,57)58)42-36-44-34(40-28-16-10-5-11-17-28)46-38(48-36)50(2)21-23-52/h3-19,24,51-52H,20-23H2,1-2H3,(H,53,54,55)(H,56,57,58)(H2,39,41,43,45,47)(H2,40,42,44,46,48). The second-order valence-electron chi connectivity index (χ2n) is 12.8. The van der Waals surface area contributed by atoms with Gasteiger partial charge in [0.15, 0.2) is 0 Å². The smallest absolute Gasteiger partial charge is 0.298 e. The summed E-state index contributed by atoms with van der Waals surface area (Å²) in [6.07, 6.45) is 2.83. The van der Waals surface area contributed by atoms with Crippen molar-refractivity contribution in [3.8, 4) is 0 Å². The van der Waals surface area contributed by atoms with Crippen molar-refractivity contribution in [1.29, 1.82) is 0 Å². The number of anilines is 10. The Balaban J connectivity index is 1.60. The van der Waals surface area contributed by atoms with Crippen LogP contribution in [0.15, 0.2) is 107 Å². The number of hydrogen-bond donors (Lipinski definition) is 8. The molecule has 2 heterocycles. The van der Waals surface area contributed by atoms with Gasteiger partial charge in [0.25, 0.3) is 20.2 Å². The summed E-state index contributed by atoms with van der Waals surface area (Å²) in [5.41, 5.74) is 0.163. The van der Waals surface area contributed by atoms with E-state index in [-0.39, 0.29) is 61.6 Å². The van der Waals surface area contributed by atoms with E-state index in [1.165, 1.54) is 22.0 Å². The lowest BCUT2D eigenvalue weighted by molar-refractivity contribution is 0.303. The lowest BCUT2D eigenvalue weighted by atomic mass is 10.1. The molecule has 22 heteroatoms. The number of aliphatic hydroxyl groups is 2. The van der Waals surface area contributed by atoms with Crippen LogP contribution in [0, 0.1) is 0 Å². The van der Waals surface area contributed by atoms with E-state index in [4.69, 9.17) is 0 Å². The van der Waals surface area contributed by atoms with Gasteiger partial charge in [-0.1, -0.05) is 78.9 Å². The molecule has 0 unspecified atom stereocenters. The first kappa shape index (κ1) is 42.8. The van der Waals surface area contributed by atoms with E-state index in [0.717, 1.165) is 6.07 Å². The lowest BCUT2D eigenvalue weighted by Crippen LogP contribution is -2.24. The zero-order valence-electron chi connectivity index (χ0n) is 32.0. The molecule has 8 N–H and O–H groups in total. The molecule has 0 aliphatic heterocycles. The Kier molecular flexibility index (Phi) is 13.4. The van der Waals surface area contributed by atoms with Crippen LogP contribution in [0.25, 0.3) is 12.2 Å². The van der Waals surface area contributed by atoms with Crippen LogP contribution in [0.5, 0.6) is 0 Å². The van der Waals surface area contributed by atoms with Crippen molar-refractivity contribution in [3.63, 3.8) is 0 Å². The molecule has 0 saturated heterocycles. The van der Waals surface area contributed by atoms with Gasteiger partial charge in [-0.25, -0.2) is 0 Å². The van der Waals surface area contributed by atoms with Crippen LogP contribution in [0.3, 0.4) is 0 Å². The SMILES string of the molecule is CN(CCO)c1nc(Nc2ccccc2)nc(Nc2cc(C=Cc3ccccc3)c(S(=O)(=O)O)c(Nc3nc(Nc4ccccc4)nc(N(C)CCO)n3)c2S(=O)(=O)O)n1. The molecule has 0 amide bonds. The van der Waals surface area contributed by atoms with Crippen molar-refractivity contribution < 1.29 is 36.2 Å². The third-order valence-electron chi connectivity index (χ3n) is 8.38. The minimum Gasteiger partial charge on any atom is -0.395 e. The van der Waals surface area contributed by atoms with Crippen LogP contribution < -0.4 is 31.1 Å². The fraction of sp³-hybridized carbons (Fsp3) is 0.158. The molecule has 0 fully saturated rings. The molecule has 0 bridgehead atoms. The van der Waals surface area contributed by atoms with Gasteiger partial charge in [-0.2, -0.15) is 46.7 Å². The minimum absolute atomic E-state index is 0.00726. The van der Waals surface area contributed by atoms with Gasteiger partial charge in [0.2, 0.25) is 35.7 Å². The van der Waals surface area contributed by atoms with E-state index in [2.05, 4.69) is 51.2 Å². The predicted molar refractivity (Wildman–Crippen MR) is 228 cm³/mol. The molecule has 60 heavy (non-hydrogen) atoms. The van der Waals surface area contributed by atoms with Crippen LogP contribution in [0.4, 0.5) is 58.4 Å². The zero-order valence-corrected chi connectivity index (χ0v) is 33.7. The summed E-state index contributed by atoms with van der Waals surface area (Å²) in [5.74, 6) is -0.805. The van der Waals surface area contributed by atoms with Crippen molar-refractivity contribution in [2.75, 3.05) is 71.5 Å². The molecule has 0 radical (unpaired) electrons. The Morgan fingerprint density at radius 2 is 0.967 bits per heavy atom. The van der Waals surface area contributed by atoms with E-state index in [0.29, 0.717) is 16.9 Å². The molecule has 20 nitrogen and oxygen atoms in total. The highest BCUT2D eigenvalue weighted by molar-refractivity contribution is 7.87. The summed E-state index contributed by atoms with van der Waals surface area (Å²) in [4.78, 5) is 27.3. The molecule has 6 aromatic rings. The summed E-state index contributed by atoms with van der Waals surface area (Å²) in [6.45, 7) is -0.413. The lowest BCUT2D eigenvalue weighted by Gasteiger charge is -2.21. The normalized spacial score (nSPS) is 11.6. The molecule has 6 rings (SSSR count). The number of likely N-dealkylation sites (N-methyl/N-ethyl adjacent to an activating group) is 2.